The Balaban J connectivity index is 3.47. The zero-order valence-electron chi connectivity index (χ0n) is 1.99. The first-order valence-electron chi connectivity index (χ1n) is 0.690. The molecule has 1 nitrogen and oxygen atoms in total. The normalized spacial score (nSPS) is 15.0. The van der Waals surface area contributed by atoms with E-state index in [-0.39, 0.29) is 0 Å². The van der Waals surface area contributed by atoms with Crippen LogP contribution in [0, 0.1) is 0 Å². The lowest BCUT2D eigenvalue weighted by molar-refractivity contribution is 0.511. The van der Waals surface area contributed by atoms with Crippen molar-refractivity contribution in [1.82, 2.24) is 0 Å². The smallest absolute Gasteiger partial charge is 0.193 e. The van der Waals surface area contributed by atoms with E-state index in [4.69, 9.17) is 4.21 Å². The maximum absolute atomic E-state index is 9.91. The second-order valence-electron chi connectivity index (χ2n) is 0.399. The van der Waals surface area contributed by atoms with Gasteiger partial charge in [0.2, 0.25) is 0 Å². The van der Waals surface area contributed by atoms with E-state index in [0.29, 0.717) is 0 Å². The van der Waals surface area contributed by atoms with Crippen LogP contribution in [0.5, 0.6) is 0 Å². The van der Waals surface area contributed by atoms with Crippen molar-refractivity contribution in [2.75, 3.05) is 0 Å². The molecule has 0 aromatic heterocycles. The van der Waals surface area contributed by atoms with E-state index in [1.165, 1.54) is 0 Å². The molecule has 0 aliphatic rings. The minimum Gasteiger partial charge on any atom is -0.193 e. The Hall–Kier alpha value is -0.0600. The predicted octanol–water partition coefficient (Wildman–Crippen LogP) is 0.657. The fourth-order valence-electron chi connectivity index (χ4n) is 0. The highest BCUT2D eigenvalue weighted by Crippen LogP contribution is 2.05. The van der Waals surface area contributed by atoms with Gasteiger partial charge in [-0.2, -0.15) is 4.21 Å². The third-order valence-corrected chi connectivity index (χ3v) is 0. The van der Waals surface area contributed by atoms with Crippen LogP contribution >= 0.6 is 0 Å². The molecule has 0 saturated carbocycles. The lowest BCUT2D eigenvalue weighted by Crippen LogP contribution is -1.74. The van der Waals surface area contributed by atoms with Crippen molar-refractivity contribution in [3.63, 3.8) is 0 Å². The molecule has 0 fully saturated rings. The van der Waals surface area contributed by atoms with Crippen molar-refractivity contribution >= 4 is 11.1 Å². The summed E-state index contributed by atoms with van der Waals surface area (Å²) in [5.74, 6) is 0. The van der Waals surface area contributed by atoms with E-state index in [1.54, 1.807) is 0 Å². The van der Waals surface area contributed by atoms with E-state index in [9.17, 15) is 11.7 Å². The molecule has 0 aliphatic heterocycles. The minimum absolute atomic E-state index is 6.14. The molecule has 5 heteroatoms. The quantitative estimate of drug-likeness (QED) is 0.354. The fraction of sp³-hybridized carbons (Fsp3) is 0. The Bertz CT molecular complexity index is 53.0. The van der Waals surface area contributed by atoms with E-state index in [2.05, 4.69) is 0 Å². The monoisotopic (exact) mass is 106 g/mol. The van der Waals surface area contributed by atoms with Crippen LogP contribution < -0.4 is 0 Å². The van der Waals surface area contributed by atoms with Crippen LogP contribution in [-0.2, 0) is 11.1 Å². The van der Waals surface area contributed by atoms with Crippen LogP contribution in [0.2, 0.25) is 0 Å². The van der Waals surface area contributed by atoms with E-state index in [1.807, 2.05) is 0 Å². The largest absolute Gasteiger partial charge is 0.286 e. The molecule has 0 rings (SSSR count). The van der Waals surface area contributed by atoms with Gasteiger partial charge in [0, 0.05) is 0 Å². The van der Waals surface area contributed by atoms with Gasteiger partial charge in [-0.1, -0.05) is 0 Å². The molecule has 0 bridgehead atoms. The first kappa shape index (κ1) is 4.94. The van der Waals surface area contributed by atoms with Crippen LogP contribution in [0.15, 0.2) is 0 Å². The first-order valence-corrected chi connectivity index (χ1v) is 2.07. The van der Waals surface area contributed by atoms with Gasteiger partial charge < -0.3 is 0 Å². The van der Waals surface area contributed by atoms with Gasteiger partial charge in [-0.25, -0.2) is 0 Å². The van der Waals surface area contributed by atoms with Gasteiger partial charge in [-0.3, -0.25) is 0 Å². The van der Waals surface area contributed by atoms with Crippen molar-refractivity contribution < 1.29 is 15.9 Å². The SMILES string of the molecule is O=[SH](F)(F)F. The highest BCUT2D eigenvalue weighted by atomic mass is 32.3. The van der Waals surface area contributed by atoms with Gasteiger partial charge in [0.05, 0.1) is 0 Å². The van der Waals surface area contributed by atoms with Gasteiger partial charge in [0.25, 0.3) is 11.1 Å². The van der Waals surface area contributed by atoms with Gasteiger partial charge >= 0.3 is 0 Å². The second-order valence-corrected chi connectivity index (χ2v) is 1.20. The summed E-state index contributed by atoms with van der Waals surface area (Å²) in [7, 11) is 0. The Morgan fingerprint density at radius 1 is 1.20 bits per heavy atom. The van der Waals surface area contributed by atoms with Crippen molar-refractivity contribution in [3.8, 4) is 0 Å². The molecule has 5 heavy (non-hydrogen) atoms. The van der Waals surface area contributed by atoms with Gasteiger partial charge in [-0.05, 0) is 0 Å². The van der Waals surface area contributed by atoms with Crippen LogP contribution in [0.1, 0.15) is 0 Å². The molecular formula is HF3OS. The Kier molecular flexibility index (Phi) is 0.954. The molecule has 0 saturated heterocycles. The number of rotatable bonds is 0. The Morgan fingerprint density at radius 2 is 1.20 bits per heavy atom. The van der Waals surface area contributed by atoms with Gasteiger partial charge in [0.15, 0.2) is 0 Å². The molecule has 0 heterocycles. The van der Waals surface area contributed by atoms with Crippen molar-refractivity contribution in [2.24, 2.45) is 0 Å². The summed E-state index contributed by atoms with van der Waals surface area (Å²) in [6.45, 7) is 0. The maximum Gasteiger partial charge on any atom is 0.286 e. The van der Waals surface area contributed by atoms with Crippen LogP contribution in [-0.4, -0.2) is 4.21 Å². The molecule has 0 N–H and O–H groups in total. The first-order chi connectivity index (χ1) is 2.00. The molecule has 0 aliphatic carbocycles. The van der Waals surface area contributed by atoms with Crippen LogP contribution in [0.25, 0.3) is 0 Å². The average molecular weight is 106 g/mol. The van der Waals surface area contributed by atoms with Gasteiger partial charge in [-0.15, -0.1) is 11.7 Å². The summed E-state index contributed by atoms with van der Waals surface area (Å²) in [6, 6.07) is 0. The molecule has 0 unspecified atom stereocenters. The highest BCUT2D eigenvalue weighted by Gasteiger charge is 1.97. The zero-order chi connectivity index (χ0) is 4.50. The summed E-state index contributed by atoms with van der Waals surface area (Å²) in [4.78, 5) is 0. The lowest BCUT2D eigenvalue weighted by atomic mass is 16.0. The average Bonchev–Trinajstić information content (AvgIpc) is 0.722. The number of hydrogen-bond acceptors (Lipinski definition) is 1. The molecule has 0 spiro atoms. The molecule has 0 atom stereocenters. The Morgan fingerprint density at radius 3 is 1.20 bits per heavy atom. The molecular weight excluding hydrogens is 105 g/mol. The van der Waals surface area contributed by atoms with Crippen molar-refractivity contribution in [3.05, 3.63) is 0 Å². The zero-order valence-corrected chi connectivity index (χ0v) is 2.88. The summed E-state index contributed by atoms with van der Waals surface area (Å²) in [5.41, 5.74) is 0. The topological polar surface area (TPSA) is 17.1 Å². The summed E-state index contributed by atoms with van der Waals surface area (Å²) in [6.07, 6.45) is 0. The molecule has 0 aromatic carbocycles. The van der Waals surface area contributed by atoms with E-state index in [0.717, 1.165) is 0 Å². The van der Waals surface area contributed by atoms with Crippen molar-refractivity contribution in [2.45, 2.75) is 0 Å². The number of hydrogen-bond donors (Lipinski definition) is 1. The third kappa shape index (κ3) is 4120. The Labute approximate surface area is 28.1 Å². The number of halogens is 3. The molecule has 34 valence electrons. The van der Waals surface area contributed by atoms with Crippen LogP contribution in [0.4, 0.5) is 11.7 Å². The van der Waals surface area contributed by atoms with E-state index < -0.39 is 11.1 Å². The predicted molar refractivity (Wildman–Crippen MR) is 12.9 cm³/mol. The summed E-state index contributed by atoms with van der Waals surface area (Å²) < 4.78 is 37.9. The summed E-state index contributed by atoms with van der Waals surface area (Å²) in [5, 5.41) is 0. The highest BCUT2D eigenvalue weighted by molar-refractivity contribution is 7.88. The van der Waals surface area contributed by atoms with Gasteiger partial charge in [0.1, 0.15) is 0 Å². The molecule has 0 amide bonds. The van der Waals surface area contributed by atoms with Crippen LogP contribution in [0.3, 0.4) is 0 Å². The summed E-state index contributed by atoms with van der Waals surface area (Å²) >= 11 is -6.14. The lowest BCUT2D eigenvalue weighted by Gasteiger charge is -1.80. The van der Waals surface area contributed by atoms with E-state index >= 15 is 0 Å². The minimum atomic E-state index is -6.14. The maximum atomic E-state index is 9.91. The molecule has 0 aromatic rings. The fourth-order valence-corrected chi connectivity index (χ4v) is 0. The third-order valence-electron chi connectivity index (χ3n) is 0. The molecule has 0 radical (unpaired) electrons. The number of thiol groups is 1. The van der Waals surface area contributed by atoms with Crippen molar-refractivity contribution in [1.29, 1.82) is 0 Å². The second kappa shape index (κ2) is 0.965. The standard InChI is InChI=1S/F3HOS/c1-5(2,3)4/h5H.